The van der Waals surface area contributed by atoms with Crippen LogP contribution < -0.4 is 5.01 Å². The van der Waals surface area contributed by atoms with Gasteiger partial charge in [-0.25, -0.2) is 0 Å². The van der Waals surface area contributed by atoms with Crippen molar-refractivity contribution in [2.75, 3.05) is 26.2 Å². The van der Waals surface area contributed by atoms with Crippen LogP contribution in [0.2, 0.25) is 0 Å². The van der Waals surface area contributed by atoms with Gasteiger partial charge < -0.3 is 0 Å². The molecule has 2 aliphatic heterocycles. The summed E-state index contributed by atoms with van der Waals surface area (Å²) in [5.74, 6) is 0. The minimum absolute atomic E-state index is 1.36. The molecular weight excluding hydrogens is 136 g/mol. The first-order valence-electron chi connectivity index (χ1n) is 5.06. The van der Waals surface area contributed by atoms with Gasteiger partial charge in [0, 0.05) is 25.9 Å². The summed E-state index contributed by atoms with van der Waals surface area (Å²) in [7, 11) is 0. The van der Waals surface area contributed by atoms with Crippen LogP contribution in [0.3, 0.4) is 0 Å². The van der Waals surface area contributed by atoms with Crippen molar-refractivity contribution < 1.29 is 5.01 Å². The highest BCUT2D eigenvalue weighted by Gasteiger charge is 2.24. The predicted octanol–water partition coefficient (Wildman–Crippen LogP) is 0.0660. The van der Waals surface area contributed by atoms with Gasteiger partial charge in [-0.2, -0.15) is 5.01 Å². The number of rotatable bonds is 1. The number of hydrogen-bond acceptors (Lipinski definition) is 1. The maximum Gasteiger partial charge on any atom is 0.0949 e. The lowest BCUT2D eigenvalue weighted by Crippen LogP contribution is -3.16. The van der Waals surface area contributed by atoms with E-state index in [1.807, 2.05) is 0 Å². The first-order chi connectivity index (χ1) is 5.47. The van der Waals surface area contributed by atoms with Gasteiger partial charge >= 0.3 is 0 Å². The summed E-state index contributed by atoms with van der Waals surface area (Å²) in [6.07, 6.45) is 7.23. The molecule has 2 nitrogen and oxygen atoms in total. The molecule has 0 aliphatic carbocycles. The fraction of sp³-hybridized carbons (Fsp3) is 1.00. The number of hydrogen-bond donors (Lipinski definition) is 1. The highest BCUT2D eigenvalue weighted by molar-refractivity contribution is 4.56. The van der Waals surface area contributed by atoms with Crippen molar-refractivity contribution in [3.05, 3.63) is 0 Å². The molecule has 1 N–H and O–H groups in total. The molecule has 2 aliphatic rings. The van der Waals surface area contributed by atoms with Gasteiger partial charge in [-0.05, 0) is 12.8 Å². The molecule has 0 bridgehead atoms. The summed E-state index contributed by atoms with van der Waals surface area (Å²) in [6, 6.07) is 0. The summed E-state index contributed by atoms with van der Waals surface area (Å²) in [5.41, 5.74) is 0. The Morgan fingerprint density at radius 3 is 2.00 bits per heavy atom. The van der Waals surface area contributed by atoms with E-state index in [4.69, 9.17) is 0 Å². The largest absolute Gasteiger partial charge is 0.255 e. The maximum atomic E-state index is 2.65. The van der Waals surface area contributed by atoms with Crippen LogP contribution in [0.25, 0.3) is 0 Å². The number of quaternary nitrogens is 1. The zero-order valence-electron chi connectivity index (χ0n) is 7.31. The lowest BCUT2D eigenvalue weighted by Gasteiger charge is -2.30. The molecule has 2 heterocycles. The monoisotopic (exact) mass is 155 g/mol. The summed E-state index contributed by atoms with van der Waals surface area (Å²) < 4.78 is 0. The van der Waals surface area contributed by atoms with Gasteiger partial charge in [0.1, 0.15) is 0 Å². The molecule has 2 saturated heterocycles. The Morgan fingerprint density at radius 2 is 1.36 bits per heavy atom. The lowest BCUT2D eigenvalue weighted by atomic mass is 10.2. The fourth-order valence-corrected chi connectivity index (χ4v) is 2.31. The smallest absolute Gasteiger partial charge is 0.0949 e. The van der Waals surface area contributed by atoms with E-state index in [1.165, 1.54) is 58.3 Å². The van der Waals surface area contributed by atoms with E-state index in [0.29, 0.717) is 0 Å². The molecule has 2 fully saturated rings. The van der Waals surface area contributed by atoms with Crippen molar-refractivity contribution >= 4 is 0 Å². The highest BCUT2D eigenvalue weighted by atomic mass is 15.6. The second-order valence-electron chi connectivity index (χ2n) is 3.82. The van der Waals surface area contributed by atoms with E-state index < -0.39 is 0 Å². The summed E-state index contributed by atoms with van der Waals surface area (Å²) >= 11 is 0. The van der Waals surface area contributed by atoms with Gasteiger partial charge in [-0.1, -0.05) is 6.42 Å². The highest BCUT2D eigenvalue weighted by Crippen LogP contribution is 2.04. The molecule has 0 aromatic rings. The SMILES string of the molecule is C1CCN([NH+]2CCCC2)CC1. The standard InChI is InChI=1S/C9H18N2/c1-2-6-10(7-3-1)11-8-4-5-9-11/h1-9H2/p+1. The molecule has 0 spiro atoms. The van der Waals surface area contributed by atoms with Gasteiger partial charge in [-0.3, -0.25) is 5.01 Å². The average molecular weight is 155 g/mol. The molecule has 0 aromatic heterocycles. The Kier molecular flexibility index (Phi) is 2.44. The summed E-state index contributed by atoms with van der Waals surface area (Å²) in [4.78, 5) is 0. The minimum Gasteiger partial charge on any atom is -0.255 e. The third-order valence-electron chi connectivity index (χ3n) is 2.98. The summed E-state index contributed by atoms with van der Waals surface area (Å²) in [6.45, 7) is 5.52. The van der Waals surface area contributed by atoms with Gasteiger partial charge in [0.2, 0.25) is 0 Å². The number of piperidine rings is 1. The zero-order valence-corrected chi connectivity index (χ0v) is 7.31. The average Bonchev–Trinajstić information content (AvgIpc) is 2.58. The van der Waals surface area contributed by atoms with Gasteiger partial charge in [-0.15, -0.1) is 0 Å². The van der Waals surface area contributed by atoms with E-state index >= 15 is 0 Å². The Hall–Kier alpha value is -0.0800. The quantitative estimate of drug-likeness (QED) is 0.563. The molecule has 0 unspecified atom stereocenters. The molecule has 0 amide bonds. The van der Waals surface area contributed by atoms with Crippen LogP contribution >= 0.6 is 0 Å². The fourth-order valence-electron chi connectivity index (χ4n) is 2.31. The third kappa shape index (κ3) is 1.74. The molecule has 0 atom stereocenters. The van der Waals surface area contributed by atoms with Gasteiger partial charge in [0.15, 0.2) is 0 Å². The Labute approximate surface area is 69.1 Å². The second-order valence-corrected chi connectivity index (χ2v) is 3.82. The third-order valence-corrected chi connectivity index (χ3v) is 2.98. The lowest BCUT2D eigenvalue weighted by molar-refractivity contribution is -1.01. The molecule has 64 valence electrons. The Bertz CT molecular complexity index is 113. The van der Waals surface area contributed by atoms with Crippen molar-refractivity contribution in [1.82, 2.24) is 5.01 Å². The maximum absolute atomic E-state index is 2.65. The molecule has 0 aromatic carbocycles. The van der Waals surface area contributed by atoms with Crippen molar-refractivity contribution in [3.8, 4) is 0 Å². The van der Waals surface area contributed by atoms with Crippen molar-refractivity contribution in [2.24, 2.45) is 0 Å². The minimum atomic E-state index is 1.36. The molecule has 0 radical (unpaired) electrons. The normalized spacial score (nSPS) is 29.5. The van der Waals surface area contributed by atoms with Gasteiger partial charge in [0.05, 0.1) is 13.1 Å². The van der Waals surface area contributed by atoms with Crippen molar-refractivity contribution in [2.45, 2.75) is 32.1 Å². The number of nitrogens with one attached hydrogen (secondary N) is 1. The van der Waals surface area contributed by atoms with Crippen LogP contribution in [0.5, 0.6) is 0 Å². The Balaban J connectivity index is 1.82. The molecule has 0 saturated carbocycles. The van der Waals surface area contributed by atoms with Crippen molar-refractivity contribution in [1.29, 1.82) is 0 Å². The zero-order chi connectivity index (χ0) is 7.52. The molecular formula is C9H19N2+. The molecule has 11 heavy (non-hydrogen) atoms. The van der Waals surface area contributed by atoms with Crippen LogP contribution in [0.15, 0.2) is 0 Å². The predicted molar refractivity (Wildman–Crippen MR) is 45.4 cm³/mol. The van der Waals surface area contributed by atoms with E-state index in [2.05, 4.69) is 5.01 Å². The van der Waals surface area contributed by atoms with Crippen LogP contribution in [-0.4, -0.2) is 31.2 Å². The van der Waals surface area contributed by atoms with Crippen LogP contribution in [0.4, 0.5) is 0 Å². The van der Waals surface area contributed by atoms with Crippen LogP contribution in [0, 0.1) is 0 Å². The first-order valence-corrected chi connectivity index (χ1v) is 5.06. The number of nitrogens with zero attached hydrogens (tertiary/aromatic N) is 1. The van der Waals surface area contributed by atoms with E-state index in [0.717, 1.165) is 0 Å². The Morgan fingerprint density at radius 1 is 0.727 bits per heavy atom. The summed E-state index contributed by atoms with van der Waals surface area (Å²) in [5, 5.41) is 4.42. The van der Waals surface area contributed by atoms with Gasteiger partial charge in [0.25, 0.3) is 0 Å². The first kappa shape index (κ1) is 7.56. The van der Waals surface area contributed by atoms with Crippen LogP contribution in [-0.2, 0) is 0 Å². The van der Waals surface area contributed by atoms with Crippen LogP contribution in [0.1, 0.15) is 32.1 Å². The molecule has 2 heteroatoms. The van der Waals surface area contributed by atoms with Crippen molar-refractivity contribution in [3.63, 3.8) is 0 Å². The second kappa shape index (κ2) is 3.55. The van der Waals surface area contributed by atoms with E-state index in [1.54, 1.807) is 5.01 Å². The van der Waals surface area contributed by atoms with E-state index in [-0.39, 0.29) is 0 Å². The topological polar surface area (TPSA) is 7.68 Å². The molecule has 2 rings (SSSR count). The van der Waals surface area contributed by atoms with E-state index in [9.17, 15) is 0 Å².